The molecule has 1 heterocycles. The van der Waals surface area contributed by atoms with Crippen LogP contribution in [0.3, 0.4) is 0 Å². The van der Waals surface area contributed by atoms with E-state index in [1.54, 1.807) is 0 Å². The third-order valence-corrected chi connectivity index (χ3v) is 3.49. The zero-order chi connectivity index (χ0) is 14.4. The van der Waals surface area contributed by atoms with Gasteiger partial charge in [0, 0.05) is 44.1 Å². The number of hydrogen-bond acceptors (Lipinski definition) is 1. The zero-order valence-corrected chi connectivity index (χ0v) is 16.9. The molecule has 20 heavy (non-hydrogen) atoms. The first-order chi connectivity index (χ1) is 8.93. The Balaban J connectivity index is 0.00000361. The summed E-state index contributed by atoms with van der Waals surface area (Å²) in [4.78, 5) is 6.47. The predicted octanol–water partition coefficient (Wildman–Crippen LogP) is 3.46. The normalized spacial score (nSPS) is 11.4. The highest BCUT2D eigenvalue weighted by molar-refractivity contribution is 14.0. The number of aliphatic imine (C=N–C) groups is 1. The largest absolute Gasteiger partial charge is 0.356 e. The summed E-state index contributed by atoms with van der Waals surface area (Å²) in [7, 11) is 5.95. The van der Waals surface area contributed by atoms with Crippen LogP contribution in [0.5, 0.6) is 0 Å². The lowest BCUT2D eigenvalue weighted by Gasteiger charge is -2.22. The van der Waals surface area contributed by atoms with Crippen LogP contribution < -0.4 is 5.32 Å². The van der Waals surface area contributed by atoms with Gasteiger partial charge in [0.25, 0.3) is 0 Å². The number of aryl methyl sites for hydroxylation is 1. The lowest BCUT2D eigenvalue weighted by molar-refractivity contribution is 0.456. The maximum atomic E-state index is 4.33. The van der Waals surface area contributed by atoms with Gasteiger partial charge in [0.1, 0.15) is 0 Å². The molecule has 0 amide bonds. The van der Waals surface area contributed by atoms with E-state index in [9.17, 15) is 0 Å². The lowest BCUT2D eigenvalue weighted by Crippen LogP contribution is -2.39. The molecule has 1 aromatic rings. The molecule has 0 aromatic carbocycles. The van der Waals surface area contributed by atoms with E-state index in [-0.39, 0.29) is 24.0 Å². The third kappa shape index (κ3) is 6.47. The third-order valence-electron chi connectivity index (χ3n) is 3.05. The van der Waals surface area contributed by atoms with Gasteiger partial charge in [-0.05, 0) is 34.3 Å². The average Bonchev–Trinajstić information content (AvgIpc) is 2.63. The van der Waals surface area contributed by atoms with Gasteiger partial charge in [-0.1, -0.05) is 13.8 Å². The van der Waals surface area contributed by atoms with Crippen LogP contribution in [0.2, 0.25) is 0 Å². The van der Waals surface area contributed by atoms with Crippen LogP contribution in [0.1, 0.15) is 26.0 Å². The number of nitrogens with zero attached hydrogens (tertiary/aromatic N) is 3. The Hall–Kier alpha value is -0.240. The van der Waals surface area contributed by atoms with Crippen molar-refractivity contribution in [1.82, 2.24) is 14.8 Å². The summed E-state index contributed by atoms with van der Waals surface area (Å²) in [5.74, 6) is 1.65. The molecule has 1 rings (SSSR count). The molecule has 4 nitrogen and oxygen atoms in total. The van der Waals surface area contributed by atoms with E-state index in [1.807, 2.05) is 7.05 Å². The molecule has 0 saturated carbocycles. The van der Waals surface area contributed by atoms with Gasteiger partial charge in [-0.3, -0.25) is 4.99 Å². The van der Waals surface area contributed by atoms with Crippen LogP contribution in [0.15, 0.2) is 21.7 Å². The van der Waals surface area contributed by atoms with Crippen molar-refractivity contribution >= 4 is 45.9 Å². The molecule has 0 spiro atoms. The first kappa shape index (κ1) is 19.8. The molecule has 0 unspecified atom stereocenters. The standard InChI is InChI=1S/C14H25BrN4.HI/c1-11(2)6-7-17-14(16-3)19(5)10-13-8-12(15)9-18(13)4;/h8-9,11H,6-7,10H2,1-5H3,(H,16,17);1H. The first-order valence-corrected chi connectivity index (χ1v) is 7.45. The van der Waals surface area contributed by atoms with Crippen LogP contribution in [-0.2, 0) is 13.6 Å². The van der Waals surface area contributed by atoms with E-state index in [4.69, 9.17) is 0 Å². The summed E-state index contributed by atoms with van der Waals surface area (Å²) in [5, 5.41) is 3.40. The summed E-state index contributed by atoms with van der Waals surface area (Å²) in [6.07, 6.45) is 3.22. The topological polar surface area (TPSA) is 32.6 Å². The second-order valence-electron chi connectivity index (χ2n) is 5.27. The van der Waals surface area contributed by atoms with E-state index in [0.717, 1.165) is 29.9 Å². The van der Waals surface area contributed by atoms with Crippen molar-refractivity contribution in [1.29, 1.82) is 0 Å². The Morgan fingerprint density at radius 1 is 1.50 bits per heavy atom. The summed E-state index contributed by atoms with van der Waals surface area (Å²) in [6.45, 7) is 6.26. The SMILES string of the molecule is CN=C(NCCC(C)C)N(C)Cc1cc(Br)cn1C.I. The van der Waals surface area contributed by atoms with E-state index < -0.39 is 0 Å². The van der Waals surface area contributed by atoms with E-state index in [2.05, 4.69) is 75.9 Å². The smallest absolute Gasteiger partial charge is 0.193 e. The molecular formula is C14H26BrIN4. The van der Waals surface area contributed by atoms with Gasteiger partial charge < -0.3 is 14.8 Å². The van der Waals surface area contributed by atoms with Gasteiger partial charge in [-0.25, -0.2) is 0 Å². The Labute approximate surface area is 148 Å². The molecule has 0 aliphatic rings. The Morgan fingerprint density at radius 3 is 2.60 bits per heavy atom. The Bertz CT molecular complexity index is 429. The number of halogens is 2. The van der Waals surface area contributed by atoms with Crippen molar-refractivity contribution in [2.75, 3.05) is 20.6 Å². The fourth-order valence-electron chi connectivity index (χ4n) is 1.90. The van der Waals surface area contributed by atoms with E-state index in [0.29, 0.717) is 5.92 Å². The van der Waals surface area contributed by atoms with Crippen LogP contribution in [0, 0.1) is 5.92 Å². The highest BCUT2D eigenvalue weighted by Gasteiger charge is 2.09. The van der Waals surface area contributed by atoms with Gasteiger partial charge in [0.15, 0.2) is 5.96 Å². The summed E-state index contributed by atoms with van der Waals surface area (Å²) in [5.41, 5.74) is 1.25. The number of nitrogens with one attached hydrogen (secondary N) is 1. The molecule has 0 bridgehead atoms. The van der Waals surface area contributed by atoms with Crippen molar-refractivity contribution in [2.45, 2.75) is 26.8 Å². The van der Waals surface area contributed by atoms with E-state index in [1.165, 1.54) is 5.69 Å². The maximum absolute atomic E-state index is 4.33. The van der Waals surface area contributed by atoms with Crippen molar-refractivity contribution in [3.8, 4) is 0 Å². The fraction of sp³-hybridized carbons (Fsp3) is 0.643. The van der Waals surface area contributed by atoms with Gasteiger partial charge in [-0.15, -0.1) is 24.0 Å². The number of rotatable bonds is 5. The van der Waals surface area contributed by atoms with Crippen molar-refractivity contribution in [3.63, 3.8) is 0 Å². The van der Waals surface area contributed by atoms with Gasteiger partial charge in [-0.2, -0.15) is 0 Å². The second-order valence-corrected chi connectivity index (χ2v) is 6.19. The van der Waals surface area contributed by atoms with Crippen LogP contribution in [0.4, 0.5) is 0 Å². The quantitative estimate of drug-likeness (QED) is 0.418. The molecule has 0 aliphatic carbocycles. The molecule has 0 fully saturated rings. The van der Waals surface area contributed by atoms with Gasteiger partial charge in [0.05, 0.1) is 6.54 Å². The molecule has 0 atom stereocenters. The lowest BCUT2D eigenvalue weighted by atomic mass is 10.1. The van der Waals surface area contributed by atoms with Crippen LogP contribution in [-0.4, -0.2) is 36.1 Å². The number of aromatic nitrogens is 1. The number of guanidine groups is 1. The van der Waals surface area contributed by atoms with E-state index >= 15 is 0 Å². The minimum Gasteiger partial charge on any atom is -0.356 e. The molecule has 0 aliphatic heterocycles. The molecule has 116 valence electrons. The molecular weight excluding hydrogens is 431 g/mol. The Kier molecular flexibility index (Phi) is 9.54. The summed E-state index contributed by atoms with van der Waals surface area (Å²) in [6, 6.07) is 2.14. The van der Waals surface area contributed by atoms with Crippen molar-refractivity contribution < 1.29 is 0 Å². The second kappa shape index (κ2) is 9.65. The minimum absolute atomic E-state index is 0. The molecule has 0 radical (unpaired) electrons. The van der Waals surface area contributed by atoms with Gasteiger partial charge in [0.2, 0.25) is 0 Å². The van der Waals surface area contributed by atoms with Crippen molar-refractivity contribution in [2.24, 2.45) is 18.0 Å². The molecule has 1 aromatic heterocycles. The highest BCUT2D eigenvalue weighted by atomic mass is 127. The minimum atomic E-state index is 0. The van der Waals surface area contributed by atoms with Crippen molar-refractivity contribution in [3.05, 3.63) is 22.4 Å². The monoisotopic (exact) mass is 456 g/mol. The summed E-state index contributed by atoms with van der Waals surface area (Å²) < 4.78 is 3.24. The maximum Gasteiger partial charge on any atom is 0.193 e. The van der Waals surface area contributed by atoms with Gasteiger partial charge >= 0.3 is 0 Å². The first-order valence-electron chi connectivity index (χ1n) is 6.66. The van der Waals surface area contributed by atoms with Crippen LogP contribution >= 0.6 is 39.9 Å². The fourth-order valence-corrected chi connectivity index (χ4v) is 2.47. The highest BCUT2D eigenvalue weighted by Crippen LogP contribution is 2.14. The van der Waals surface area contributed by atoms with Crippen LogP contribution in [0.25, 0.3) is 0 Å². The molecule has 6 heteroatoms. The average molecular weight is 457 g/mol. The summed E-state index contributed by atoms with van der Waals surface area (Å²) >= 11 is 3.50. The zero-order valence-electron chi connectivity index (χ0n) is 13.0. The number of hydrogen-bond donors (Lipinski definition) is 1. The predicted molar refractivity (Wildman–Crippen MR) is 101 cm³/mol. The molecule has 1 N–H and O–H groups in total. The molecule has 0 saturated heterocycles. The Morgan fingerprint density at radius 2 is 2.15 bits per heavy atom.